The van der Waals surface area contributed by atoms with Gasteiger partial charge in [-0.2, -0.15) is 0 Å². The molecule has 132 valence electrons. The standard InChI is InChI=1S/C19H21ClN2O3/c1-12-9-13(2)18(16(20)10-12)21-17(23)11-25-19(24)14-5-7-15(8-6-14)22(3)4/h5-10H,11H2,1-4H3,(H,21,23). The predicted molar refractivity (Wildman–Crippen MR) is 101 cm³/mol. The lowest BCUT2D eigenvalue weighted by Gasteiger charge is -2.13. The van der Waals surface area contributed by atoms with Crippen molar-refractivity contribution in [3.8, 4) is 0 Å². The Morgan fingerprint density at radius 3 is 2.32 bits per heavy atom. The fraction of sp³-hybridized carbons (Fsp3) is 0.263. The molecule has 0 radical (unpaired) electrons. The number of esters is 1. The first-order valence-electron chi connectivity index (χ1n) is 7.79. The van der Waals surface area contributed by atoms with Gasteiger partial charge in [-0.05, 0) is 55.3 Å². The smallest absolute Gasteiger partial charge is 0.338 e. The summed E-state index contributed by atoms with van der Waals surface area (Å²) < 4.78 is 5.06. The number of hydrogen-bond acceptors (Lipinski definition) is 4. The van der Waals surface area contributed by atoms with E-state index in [1.165, 1.54) is 0 Å². The molecule has 5 nitrogen and oxygen atoms in total. The number of amides is 1. The number of halogens is 1. The Morgan fingerprint density at radius 2 is 1.76 bits per heavy atom. The van der Waals surface area contributed by atoms with Crippen molar-refractivity contribution in [3.05, 3.63) is 58.1 Å². The Morgan fingerprint density at radius 1 is 1.12 bits per heavy atom. The Kier molecular flexibility index (Phi) is 6.04. The normalized spacial score (nSPS) is 10.3. The minimum absolute atomic E-state index is 0.377. The van der Waals surface area contributed by atoms with Crippen LogP contribution in [0.15, 0.2) is 36.4 Å². The number of hydrogen-bond donors (Lipinski definition) is 1. The van der Waals surface area contributed by atoms with Gasteiger partial charge >= 0.3 is 5.97 Å². The second-order valence-corrected chi connectivity index (χ2v) is 6.41. The zero-order valence-corrected chi connectivity index (χ0v) is 15.5. The van der Waals surface area contributed by atoms with E-state index in [-0.39, 0.29) is 6.61 Å². The molecule has 0 aromatic heterocycles. The summed E-state index contributed by atoms with van der Waals surface area (Å²) in [7, 11) is 3.83. The molecule has 0 aliphatic heterocycles. The average molecular weight is 361 g/mol. The maximum atomic E-state index is 12.0. The number of nitrogens with zero attached hydrogens (tertiary/aromatic N) is 1. The van der Waals surface area contributed by atoms with E-state index in [0.717, 1.165) is 16.8 Å². The molecule has 0 saturated heterocycles. The van der Waals surface area contributed by atoms with Crippen LogP contribution in [0, 0.1) is 13.8 Å². The van der Waals surface area contributed by atoms with Gasteiger partial charge in [-0.15, -0.1) is 0 Å². The number of carbonyl (C=O) groups is 2. The quantitative estimate of drug-likeness (QED) is 0.823. The number of carbonyl (C=O) groups excluding carboxylic acids is 2. The molecule has 0 aliphatic carbocycles. The van der Waals surface area contributed by atoms with Crippen LogP contribution in [0.25, 0.3) is 0 Å². The topological polar surface area (TPSA) is 58.6 Å². The molecule has 2 aromatic rings. The fourth-order valence-electron chi connectivity index (χ4n) is 2.36. The summed E-state index contributed by atoms with van der Waals surface area (Å²) in [5.41, 5.74) is 3.75. The lowest BCUT2D eigenvalue weighted by Crippen LogP contribution is -2.21. The molecule has 25 heavy (non-hydrogen) atoms. The summed E-state index contributed by atoms with van der Waals surface area (Å²) in [4.78, 5) is 26.0. The van der Waals surface area contributed by atoms with Crippen LogP contribution in [0.3, 0.4) is 0 Å². The van der Waals surface area contributed by atoms with Crippen molar-refractivity contribution >= 4 is 34.9 Å². The number of benzene rings is 2. The van der Waals surface area contributed by atoms with Crippen molar-refractivity contribution in [1.29, 1.82) is 0 Å². The van der Waals surface area contributed by atoms with E-state index in [1.807, 2.05) is 51.0 Å². The molecule has 0 unspecified atom stereocenters. The molecule has 1 amide bonds. The molecule has 2 rings (SSSR count). The molecule has 0 fully saturated rings. The van der Waals surface area contributed by atoms with Gasteiger partial charge in [0.05, 0.1) is 16.3 Å². The van der Waals surface area contributed by atoms with Crippen molar-refractivity contribution < 1.29 is 14.3 Å². The van der Waals surface area contributed by atoms with Gasteiger partial charge in [0.25, 0.3) is 5.91 Å². The molecule has 6 heteroatoms. The monoisotopic (exact) mass is 360 g/mol. The number of nitrogens with one attached hydrogen (secondary N) is 1. The van der Waals surface area contributed by atoms with E-state index < -0.39 is 11.9 Å². The van der Waals surface area contributed by atoms with Crippen LogP contribution in [0.5, 0.6) is 0 Å². The van der Waals surface area contributed by atoms with Crippen molar-refractivity contribution in [3.63, 3.8) is 0 Å². The van der Waals surface area contributed by atoms with Crippen LogP contribution >= 0.6 is 11.6 Å². The minimum atomic E-state index is -0.549. The molecule has 0 spiro atoms. The molecule has 0 atom stereocenters. The van der Waals surface area contributed by atoms with Gasteiger partial charge in [-0.3, -0.25) is 4.79 Å². The van der Waals surface area contributed by atoms with E-state index in [0.29, 0.717) is 16.3 Å². The van der Waals surface area contributed by atoms with Crippen LogP contribution in [0.4, 0.5) is 11.4 Å². The first-order chi connectivity index (χ1) is 11.8. The highest BCUT2D eigenvalue weighted by atomic mass is 35.5. The van der Waals surface area contributed by atoms with Crippen LogP contribution in [-0.4, -0.2) is 32.6 Å². The number of anilines is 2. The first kappa shape index (κ1) is 18.8. The molecule has 0 heterocycles. The fourth-order valence-corrected chi connectivity index (χ4v) is 2.73. The van der Waals surface area contributed by atoms with Crippen molar-refractivity contribution in [2.75, 3.05) is 30.9 Å². The minimum Gasteiger partial charge on any atom is -0.452 e. The van der Waals surface area contributed by atoms with E-state index in [2.05, 4.69) is 5.32 Å². The average Bonchev–Trinajstić information content (AvgIpc) is 2.56. The Bertz CT molecular complexity index is 763. The Balaban J connectivity index is 1.94. The summed E-state index contributed by atoms with van der Waals surface area (Å²) in [6.07, 6.45) is 0. The van der Waals surface area contributed by atoms with E-state index in [1.54, 1.807) is 18.2 Å². The van der Waals surface area contributed by atoms with E-state index in [9.17, 15) is 9.59 Å². The summed E-state index contributed by atoms with van der Waals surface area (Å²) in [6, 6.07) is 10.6. The summed E-state index contributed by atoms with van der Waals surface area (Å²) in [5, 5.41) is 3.14. The summed E-state index contributed by atoms with van der Waals surface area (Å²) in [5.74, 6) is -0.987. The third-order valence-corrected chi connectivity index (χ3v) is 3.95. The van der Waals surface area contributed by atoms with E-state index >= 15 is 0 Å². The predicted octanol–water partition coefficient (Wildman–Crippen LogP) is 3.82. The van der Waals surface area contributed by atoms with Gasteiger partial charge < -0.3 is 15.0 Å². The largest absolute Gasteiger partial charge is 0.452 e. The van der Waals surface area contributed by atoms with Gasteiger partial charge in [0.2, 0.25) is 0 Å². The van der Waals surface area contributed by atoms with Crippen LogP contribution in [0.1, 0.15) is 21.5 Å². The molecule has 1 N–H and O–H groups in total. The second kappa shape index (κ2) is 8.03. The van der Waals surface area contributed by atoms with Gasteiger partial charge in [0, 0.05) is 19.8 Å². The maximum absolute atomic E-state index is 12.0. The van der Waals surface area contributed by atoms with Crippen molar-refractivity contribution in [2.45, 2.75) is 13.8 Å². The molecule has 0 aliphatic rings. The highest BCUT2D eigenvalue weighted by Crippen LogP contribution is 2.27. The molecule has 2 aromatic carbocycles. The zero-order chi connectivity index (χ0) is 18.6. The van der Waals surface area contributed by atoms with Crippen molar-refractivity contribution in [2.24, 2.45) is 0 Å². The number of aryl methyl sites for hydroxylation is 2. The van der Waals surface area contributed by atoms with Gasteiger partial charge in [-0.25, -0.2) is 4.79 Å². The maximum Gasteiger partial charge on any atom is 0.338 e. The van der Waals surface area contributed by atoms with E-state index in [4.69, 9.17) is 16.3 Å². The highest BCUT2D eigenvalue weighted by Gasteiger charge is 2.13. The highest BCUT2D eigenvalue weighted by molar-refractivity contribution is 6.34. The number of ether oxygens (including phenoxy) is 1. The summed E-state index contributed by atoms with van der Waals surface area (Å²) in [6.45, 7) is 3.40. The first-order valence-corrected chi connectivity index (χ1v) is 8.17. The van der Waals surface area contributed by atoms with Crippen molar-refractivity contribution in [1.82, 2.24) is 0 Å². The molecule has 0 saturated carbocycles. The van der Waals surface area contributed by atoms with Crippen LogP contribution < -0.4 is 10.2 Å². The summed E-state index contributed by atoms with van der Waals surface area (Å²) >= 11 is 6.15. The molecule has 0 bridgehead atoms. The molecular formula is C19H21ClN2O3. The second-order valence-electron chi connectivity index (χ2n) is 6.00. The van der Waals surface area contributed by atoms with Crippen LogP contribution in [0.2, 0.25) is 5.02 Å². The number of rotatable bonds is 5. The van der Waals surface area contributed by atoms with Gasteiger partial charge in [0.15, 0.2) is 6.61 Å². The zero-order valence-electron chi connectivity index (χ0n) is 14.7. The van der Waals surface area contributed by atoms with Crippen LogP contribution in [-0.2, 0) is 9.53 Å². The third-order valence-electron chi connectivity index (χ3n) is 3.65. The Labute approximate surface area is 152 Å². The lowest BCUT2D eigenvalue weighted by molar-refractivity contribution is -0.119. The molecular weight excluding hydrogens is 340 g/mol. The Hall–Kier alpha value is -2.53. The lowest BCUT2D eigenvalue weighted by atomic mass is 10.1. The van der Waals surface area contributed by atoms with Gasteiger partial charge in [-0.1, -0.05) is 17.7 Å². The van der Waals surface area contributed by atoms with Gasteiger partial charge in [0.1, 0.15) is 0 Å². The SMILES string of the molecule is Cc1cc(C)c(NC(=O)COC(=O)c2ccc(N(C)C)cc2)c(Cl)c1. The third kappa shape index (κ3) is 4.97.